The molecule has 0 amide bonds. The Morgan fingerprint density at radius 1 is 1.53 bits per heavy atom. The van der Waals surface area contributed by atoms with E-state index >= 15 is 0 Å². The van der Waals surface area contributed by atoms with Gasteiger partial charge in [0.25, 0.3) is 0 Å². The number of anilines is 1. The molecule has 2 aromatic rings. The zero-order valence-corrected chi connectivity index (χ0v) is 10.5. The molecular formula is C13H15N3S. The summed E-state index contributed by atoms with van der Waals surface area (Å²) in [7, 11) is 0. The molecule has 0 bridgehead atoms. The first-order chi connectivity index (χ1) is 8.20. The zero-order chi connectivity index (χ0) is 12.3. The summed E-state index contributed by atoms with van der Waals surface area (Å²) in [4.78, 5) is 3.30. The van der Waals surface area contributed by atoms with Crippen LogP contribution in [0.1, 0.15) is 5.69 Å². The van der Waals surface area contributed by atoms with Crippen molar-refractivity contribution in [3.8, 4) is 0 Å². The highest BCUT2D eigenvalue weighted by Gasteiger charge is 2.04. The molecule has 3 nitrogen and oxygen atoms in total. The van der Waals surface area contributed by atoms with Crippen molar-refractivity contribution < 1.29 is 0 Å². The molecule has 0 unspecified atom stereocenters. The average Bonchev–Trinajstić information content (AvgIpc) is 2.68. The summed E-state index contributed by atoms with van der Waals surface area (Å²) < 4.78 is 0. The smallest absolute Gasteiger partial charge is 0.171 e. The summed E-state index contributed by atoms with van der Waals surface area (Å²) >= 11 is 5.19. The average molecular weight is 245 g/mol. The lowest BCUT2D eigenvalue weighted by molar-refractivity contribution is 1.06. The molecule has 88 valence electrons. The Balaban J connectivity index is 2.23. The Morgan fingerprint density at radius 2 is 2.35 bits per heavy atom. The number of thiocarbonyl (C=S) groups is 1. The molecule has 1 aromatic heterocycles. The van der Waals surface area contributed by atoms with Gasteiger partial charge < -0.3 is 15.6 Å². The summed E-state index contributed by atoms with van der Waals surface area (Å²) in [5, 5.41) is 7.98. The predicted molar refractivity (Wildman–Crippen MR) is 77.5 cm³/mol. The van der Waals surface area contributed by atoms with Crippen LogP contribution in [-0.4, -0.2) is 16.6 Å². The summed E-state index contributed by atoms with van der Waals surface area (Å²) in [6, 6.07) is 8.16. The van der Waals surface area contributed by atoms with Crippen LogP contribution in [0.2, 0.25) is 0 Å². The van der Waals surface area contributed by atoms with Crippen LogP contribution in [0, 0.1) is 6.92 Å². The van der Waals surface area contributed by atoms with Gasteiger partial charge >= 0.3 is 0 Å². The third-order valence-electron chi connectivity index (χ3n) is 2.45. The molecule has 0 spiro atoms. The SMILES string of the molecule is C=CCNC(=S)Nc1cccc2[nH]c(C)cc12. The Bertz CT molecular complexity index is 557. The molecule has 0 atom stereocenters. The van der Waals surface area contributed by atoms with Crippen molar-refractivity contribution in [3.05, 3.63) is 42.6 Å². The minimum Gasteiger partial charge on any atom is -0.359 e. The third kappa shape index (κ3) is 2.65. The standard InChI is InChI=1S/C13H15N3S/c1-3-7-14-13(17)16-12-6-4-5-11-10(12)8-9(2)15-11/h3-6,8,15H,1,7H2,2H3,(H2,14,16,17). The van der Waals surface area contributed by atoms with Gasteiger partial charge in [-0.2, -0.15) is 0 Å². The summed E-state index contributed by atoms with van der Waals surface area (Å²) in [6.45, 7) is 6.34. The second-order valence-corrected chi connectivity index (χ2v) is 4.25. The molecule has 3 N–H and O–H groups in total. The molecular weight excluding hydrogens is 230 g/mol. The van der Waals surface area contributed by atoms with E-state index in [1.54, 1.807) is 6.08 Å². The topological polar surface area (TPSA) is 39.8 Å². The fourth-order valence-corrected chi connectivity index (χ4v) is 1.93. The van der Waals surface area contributed by atoms with Crippen LogP contribution in [0.4, 0.5) is 5.69 Å². The highest BCUT2D eigenvalue weighted by atomic mass is 32.1. The van der Waals surface area contributed by atoms with Gasteiger partial charge in [-0.25, -0.2) is 0 Å². The van der Waals surface area contributed by atoms with E-state index in [1.165, 1.54) is 0 Å². The Morgan fingerprint density at radius 3 is 3.12 bits per heavy atom. The van der Waals surface area contributed by atoms with Gasteiger partial charge in [0.15, 0.2) is 5.11 Å². The van der Waals surface area contributed by atoms with Crippen LogP contribution in [-0.2, 0) is 0 Å². The minimum atomic E-state index is 0.608. The number of nitrogens with one attached hydrogen (secondary N) is 3. The van der Waals surface area contributed by atoms with Gasteiger partial charge in [0.05, 0.1) is 0 Å². The largest absolute Gasteiger partial charge is 0.359 e. The first-order valence-corrected chi connectivity index (χ1v) is 5.85. The lowest BCUT2D eigenvalue weighted by Crippen LogP contribution is -2.28. The highest BCUT2D eigenvalue weighted by molar-refractivity contribution is 7.80. The van der Waals surface area contributed by atoms with Crippen LogP contribution >= 0.6 is 12.2 Å². The van der Waals surface area contributed by atoms with Crippen LogP contribution in [0.5, 0.6) is 0 Å². The van der Waals surface area contributed by atoms with Gasteiger partial charge in [-0.1, -0.05) is 12.1 Å². The molecule has 1 aromatic carbocycles. The molecule has 0 radical (unpaired) electrons. The van der Waals surface area contributed by atoms with Crippen LogP contribution in [0.25, 0.3) is 10.9 Å². The van der Waals surface area contributed by atoms with E-state index in [2.05, 4.69) is 28.3 Å². The summed E-state index contributed by atoms with van der Waals surface area (Å²) in [5.74, 6) is 0. The Hall–Kier alpha value is -1.81. The van der Waals surface area contributed by atoms with E-state index in [0.717, 1.165) is 22.3 Å². The normalized spacial score (nSPS) is 10.2. The minimum absolute atomic E-state index is 0.608. The van der Waals surface area contributed by atoms with Gasteiger partial charge in [0.2, 0.25) is 0 Å². The zero-order valence-electron chi connectivity index (χ0n) is 9.71. The van der Waals surface area contributed by atoms with Gasteiger partial charge in [0.1, 0.15) is 0 Å². The number of hydrogen-bond donors (Lipinski definition) is 3. The number of hydrogen-bond acceptors (Lipinski definition) is 1. The number of H-pyrrole nitrogens is 1. The van der Waals surface area contributed by atoms with Crippen molar-refractivity contribution in [1.29, 1.82) is 0 Å². The highest BCUT2D eigenvalue weighted by Crippen LogP contribution is 2.23. The molecule has 0 saturated carbocycles. The fraction of sp³-hybridized carbons (Fsp3) is 0.154. The first-order valence-electron chi connectivity index (χ1n) is 5.45. The first kappa shape index (κ1) is 11.7. The Labute approximate surface area is 106 Å². The fourth-order valence-electron chi connectivity index (χ4n) is 1.74. The maximum atomic E-state index is 5.19. The van der Waals surface area contributed by atoms with Crippen molar-refractivity contribution in [2.24, 2.45) is 0 Å². The lowest BCUT2D eigenvalue weighted by Gasteiger charge is -2.09. The molecule has 1 heterocycles. The van der Waals surface area contributed by atoms with Crippen molar-refractivity contribution in [2.75, 3.05) is 11.9 Å². The molecule has 0 saturated heterocycles. The van der Waals surface area contributed by atoms with Gasteiger partial charge in [-0.05, 0) is 37.3 Å². The molecule has 4 heteroatoms. The van der Waals surface area contributed by atoms with Crippen molar-refractivity contribution in [2.45, 2.75) is 6.92 Å². The summed E-state index contributed by atoms with van der Waals surface area (Å²) in [6.07, 6.45) is 1.77. The number of aryl methyl sites for hydroxylation is 1. The molecule has 0 aliphatic carbocycles. The van der Waals surface area contributed by atoms with E-state index in [1.807, 2.05) is 25.1 Å². The van der Waals surface area contributed by atoms with Gasteiger partial charge in [0, 0.05) is 28.8 Å². The molecule has 0 fully saturated rings. The van der Waals surface area contributed by atoms with Crippen LogP contribution in [0.3, 0.4) is 0 Å². The number of rotatable bonds is 3. The van der Waals surface area contributed by atoms with E-state index in [0.29, 0.717) is 11.7 Å². The van der Waals surface area contributed by atoms with E-state index in [9.17, 15) is 0 Å². The molecule has 0 aliphatic heterocycles. The van der Waals surface area contributed by atoms with Crippen LogP contribution in [0.15, 0.2) is 36.9 Å². The number of aromatic nitrogens is 1. The summed E-state index contributed by atoms with van der Waals surface area (Å²) in [5.41, 5.74) is 3.26. The van der Waals surface area contributed by atoms with E-state index < -0.39 is 0 Å². The maximum absolute atomic E-state index is 5.19. The van der Waals surface area contributed by atoms with E-state index in [-0.39, 0.29) is 0 Å². The van der Waals surface area contributed by atoms with Gasteiger partial charge in [-0.15, -0.1) is 6.58 Å². The van der Waals surface area contributed by atoms with Crippen molar-refractivity contribution >= 4 is 33.9 Å². The van der Waals surface area contributed by atoms with Crippen molar-refractivity contribution in [1.82, 2.24) is 10.3 Å². The molecule has 17 heavy (non-hydrogen) atoms. The molecule has 2 rings (SSSR count). The number of fused-ring (bicyclic) bond motifs is 1. The predicted octanol–water partition coefficient (Wildman–Crippen LogP) is 2.95. The monoisotopic (exact) mass is 245 g/mol. The van der Waals surface area contributed by atoms with E-state index in [4.69, 9.17) is 12.2 Å². The Kier molecular flexibility index (Phi) is 3.44. The quantitative estimate of drug-likeness (QED) is 0.575. The van der Waals surface area contributed by atoms with Gasteiger partial charge in [-0.3, -0.25) is 0 Å². The maximum Gasteiger partial charge on any atom is 0.171 e. The number of benzene rings is 1. The lowest BCUT2D eigenvalue weighted by atomic mass is 10.2. The van der Waals surface area contributed by atoms with Crippen LogP contribution < -0.4 is 10.6 Å². The second kappa shape index (κ2) is 5.01. The number of aromatic amines is 1. The molecule has 0 aliphatic rings. The third-order valence-corrected chi connectivity index (χ3v) is 2.70. The second-order valence-electron chi connectivity index (χ2n) is 3.84. The van der Waals surface area contributed by atoms with Crippen molar-refractivity contribution in [3.63, 3.8) is 0 Å².